The first-order valence-electron chi connectivity index (χ1n) is 7.81. The third-order valence-electron chi connectivity index (χ3n) is 4.30. The molecule has 6 nitrogen and oxygen atoms in total. The maximum Gasteiger partial charge on any atom is 0.256 e. The molecule has 0 aliphatic carbocycles. The molecule has 1 amide bonds. The van der Waals surface area contributed by atoms with Gasteiger partial charge in [0.1, 0.15) is 23.6 Å². The summed E-state index contributed by atoms with van der Waals surface area (Å²) in [6, 6.07) is 8.05. The van der Waals surface area contributed by atoms with E-state index < -0.39 is 5.82 Å². The van der Waals surface area contributed by atoms with E-state index in [0.29, 0.717) is 26.2 Å². The molecule has 2 aromatic heterocycles. The van der Waals surface area contributed by atoms with Crippen molar-refractivity contribution >= 4 is 22.8 Å². The van der Waals surface area contributed by atoms with Crippen LogP contribution in [-0.2, 0) is 0 Å². The number of piperazine rings is 1. The van der Waals surface area contributed by atoms with Gasteiger partial charge in [0.05, 0.1) is 10.9 Å². The van der Waals surface area contributed by atoms with Crippen molar-refractivity contribution in [1.29, 1.82) is 0 Å². The average molecular weight is 325 g/mol. The van der Waals surface area contributed by atoms with Gasteiger partial charge in [0.2, 0.25) is 0 Å². The summed E-state index contributed by atoms with van der Waals surface area (Å²) in [6.45, 7) is 2.36. The van der Waals surface area contributed by atoms with Crippen molar-refractivity contribution in [2.24, 2.45) is 0 Å². The highest BCUT2D eigenvalue weighted by molar-refractivity contribution is 5.94. The monoisotopic (exact) mass is 325 g/mol. The second kappa shape index (κ2) is 5.92. The molecule has 1 aliphatic heterocycles. The van der Waals surface area contributed by atoms with Crippen LogP contribution in [-0.4, -0.2) is 51.9 Å². The van der Waals surface area contributed by atoms with Crippen LogP contribution >= 0.6 is 0 Å². The second-order valence-corrected chi connectivity index (χ2v) is 5.70. The molecule has 1 fully saturated rings. The van der Waals surface area contributed by atoms with E-state index in [1.165, 1.54) is 18.5 Å². The Morgan fingerprint density at radius 3 is 2.67 bits per heavy atom. The van der Waals surface area contributed by atoms with Gasteiger partial charge >= 0.3 is 0 Å². The number of aromatic amines is 1. The smallest absolute Gasteiger partial charge is 0.256 e. The lowest BCUT2D eigenvalue weighted by atomic mass is 10.1. The van der Waals surface area contributed by atoms with Gasteiger partial charge in [-0.1, -0.05) is 12.1 Å². The third-order valence-corrected chi connectivity index (χ3v) is 4.30. The van der Waals surface area contributed by atoms with Crippen molar-refractivity contribution in [3.63, 3.8) is 0 Å². The summed E-state index contributed by atoms with van der Waals surface area (Å²) in [5.74, 6) is 0.122. The van der Waals surface area contributed by atoms with Gasteiger partial charge in [-0.2, -0.15) is 0 Å². The number of fused-ring (bicyclic) bond motifs is 1. The fourth-order valence-corrected chi connectivity index (χ4v) is 3.04. The quantitative estimate of drug-likeness (QED) is 0.783. The number of amides is 1. The second-order valence-electron chi connectivity index (χ2n) is 5.70. The van der Waals surface area contributed by atoms with E-state index in [2.05, 4.69) is 19.9 Å². The van der Waals surface area contributed by atoms with Gasteiger partial charge in [0.25, 0.3) is 5.91 Å². The van der Waals surface area contributed by atoms with Crippen molar-refractivity contribution in [3.05, 3.63) is 54.2 Å². The lowest BCUT2D eigenvalue weighted by Crippen LogP contribution is -2.49. The summed E-state index contributed by atoms with van der Waals surface area (Å²) >= 11 is 0. The highest BCUT2D eigenvalue weighted by Gasteiger charge is 2.25. The fraction of sp³-hybridized carbons (Fsp3) is 0.235. The molecular formula is C17H16FN5O. The number of nitrogens with one attached hydrogen (secondary N) is 1. The number of carbonyl (C=O) groups is 1. The first kappa shape index (κ1) is 14.6. The molecular weight excluding hydrogens is 309 g/mol. The van der Waals surface area contributed by atoms with Gasteiger partial charge in [-0.3, -0.25) is 4.79 Å². The largest absolute Gasteiger partial charge is 0.352 e. The first-order valence-corrected chi connectivity index (χ1v) is 7.81. The Morgan fingerprint density at radius 2 is 1.88 bits per heavy atom. The normalized spacial score (nSPS) is 15.0. The minimum Gasteiger partial charge on any atom is -0.352 e. The summed E-state index contributed by atoms with van der Waals surface area (Å²) in [5, 5.41) is 0.964. The van der Waals surface area contributed by atoms with Gasteiger partial charge in [-0.25, -0.2) is 14.4 Å². The SMILES string of the molecule is O=C(c1ccccc1F)N1CCN(c2ncnc3[nH]ccc23)CC1. The lowest BCUT2D eigenvalue weighted by Gasteiger charge is -2.35. The minimum atomic E-state index is -0.477. The molecule has 0 spiro atoms. The van der Waals surface area contributed by atoms with Crippen LogP contribution in [0, 0.1) is 5.82 Å². The molecule has 4 rings (SSSR count). The number of benzene rings is 1. The van der Waals surface area contributed by atoms with Crippen LogP contribution < -0.4 is 4.90 Å². The number of anilines is 1. The fourth-order valence-electron chi connectivity index (χ4n) is 3.04. The van der Waals surface area contributed by atoms with Crippen LogP contribution in [0.5, 0.6) is 0 Å². The standard InChI is InChI=1S/C17H16FN5O/c18-14-4-2-1-3-12(14)17(24)23-9-7-22(8-10-23)16-13-5-6-19-15(13)20-11-21-16/h1-6,11H,7-10H2,(H,19,20,21). The number of aromatic nitrogens is 3. The van der Waals surface area contributed by atoms with Crippen LogP contribution in [0.4, 0.5) is 10.2 Å². The number of H-pyrrole nitrogens is 1. The number of hydrogen-bond donors (Lipinski definition) is 1. The summed E-state index contributed by atoms with van der Waals surface area (Å²) in [6.07, 6.45) is 3.37. The molecule has 0 unspecified atom stereocenters. The van der Waals surface area contributed by atoms with Crippen molar-refractivity contribution in [3.8, 4) is 0 Å². The van der Waals surface area contributed by atoms with Crippen molar-refractivity contribution in [2.75, 3.05) is 31.1 Å². The Bertz CT molecular complexity index is 885. The van der Waals surface area contributed by atoms with Crippen LogP contribution in [0.25, 0.3) is 11.0 Å². The molecule has 3 heterocycles. The summed E-state index contributed by atoms with van der Waals surface area (Å²) < 4.78 is 13.8. The summed E-state index contributed by atoms with van der Waals surface area (Å²) in [7, 11) is 0. The maximum atomic E-state index is 13.8. The topological polar surface area (TPSA) is 65.1 Å². The van der Waals surface area contributed by atoms with Gasteiger partial charge in [-0.15, -0.1) is 0 Å². The Labute approximate surface area is 137 Å². The van der Waals surface area contributed by atoms with Gasteiger partial charge in [-0.05, 0) is 18.2 Å². The Kier molecular flexibility index (Phi) is 3.60. The predicted molar refractivity (Wildman–Crippen MR) is 88.4 cm³/mol. The van der Waals surface area contributed by atoms with E-state index in [9.17, 15) is 9.18 Å². The van der Waals surface area contributed by atoms with E-state index in [1.54, 1.807) is 17.0 Å². The van der Waals surface area contributed by atoms with E-state index >= 15 is 0 Å². The third kappa shape index (κ3) is 2.47. The Balaban J connectivity index is 1.50. The van der Waals surface area contributed by atoms with Crippen LogP contribution in [0.1, 0.15) is 10.4 Å². The van der Waals surface area contributed by atoms with Crippen molar-refractivity contribution in [2.45, 2.75) is 0 Å². The summed E-state index contributed by atoms with van der Waals surface area (Å²) in [5.41, 5.74) is 0.922. The molecule has 1 aliphatic rings. The molecule has 1 N–H and O–H groups in total. The molecule has 1 aromatic carbocycles. The van der Waals surface area contributed by atoms with E-state index in [4.69, 9.17) is 0 Å². The molecule has 1 saturated heterocycles. The van der Waals surface area contributed by atoms with E-state index in [-0.39, 0.29) is 11.5 Å². The summed E-state index contributed by atoms with van der Waals surface area (Å²) in [4.78, 5) is 27.9. The van der Waals surface area contributed by atoms with E-state index in [1.807, 2.05) is 12.3 Å². The van der Waals surface area contributed by atoms with Gasteiger partial charge in [0.15, 0.2) is 0 Å². The average Bonchev–Trinajstić information content (AvgIpc) is 3.10. The molecule has 24 heavy (non-hydrogen) atoms. The molecule has 0 saturated carbocycles. The zero-order chi connectivity index (χ0) is 16.5. The predicted octanol–water partition coefficient (Wildman–Crippen LogP) is 2.06. The molecule has 122 valence electrons. The minimum absolute atomic E-state index is 0.126. The number of nitrogens with zero attached hydrogens (tertiary/aromatic N) is 4. The zero-order valence-electron chi connectivity index (χ0n) is 12.9. The highest BCUT2D eigenvalue weighted by Crippen LogP contribution is 2.23. The Hall–Kier alpha value is -2.96. The van der Waals surface area contributed by atoms with Gasteiger partial charge in [0, 0.05) is 32.4 Å². The van der Waals surface area contributed by atoms with Crippen LogP contribution in [0.15, 0.2) is 42.9 Å². The molecule has 0 bridgehead atoms. The Morgan fingerprint density at radius 1 is 1.08 bits per heavy atom. The van der Waals surface area contributed by atoms with Crippen molar-refractivity contribution < 1.29 is 9.18 Å². The number of carbonyl (C=O) groups excluding carboxylic acids is 1. The zero-order valence-corrected chi connectivity index (χ0v) is 12.9. The van der Waals surface area contributed by atoms with Gasteiger partial charge < -0.3 is 14.8 Å². The van der Waals surface area contributed by atoms with Crippen molar-refractivity contribution in [1.82, 2.24) is 19.9 Å². The number of halogens is 1. The lowest BCUT2D eigenvalue weighted by molar-refractivity contribution is 0.0742. The maximum absolute atomic E-state index is 13.8. The molecule has 3 aromatic rings. The van der Waals surface area contributed by atoms with Crippen LogP contribution in [0.2, 0.25) is 0 Å². The first-order chi connectivity index (χ1) is 11.7. The number of hydrogen-bond acceptors (Lipinski definition) is 4. The van der Waals surface area contributed by atoms with E-state index in [0.717, 1.165) is 16.9 Å². The molecule has 0 radical (unpaired) electrons. The van der Waals surface area contributed by atoms with Crippen LogP contribution in [0.3, 0.4) is 0 Å². The molecule has 7 heteroatoms. The number of rotatable bonds is 2. The highest BCUT2D eigenvalue weighted by atomic mass is 19.1. The molecule has 0 atom stereocenters.